The zero-order chi connectivity index (χ0) is 24.6. The lowest BCUT2D eigenvalue weighted by molar-refractivity contribution is -0.169. The molecular weight excluding hydrogens is 446 g/mol. The number of methoxy groups -OCH3 is 1. The van der Waals surface area contributed by atoms with Crippen LogP contribution in [-0.4, -0.2) is 80.7 Å². The topological polar surface area (TPSA) is 133 Å². The van der Waals surface area contributed by atoms with Crippen LogP contribution < -0.4 is 0 Å². The van der Waals surface area contributed by atoms with Crippen molar-refractivity contribution >= 4 is 23.9 Å². The van der Waals surface area contributed by atoms with Crippen molar-refractivity contribution in [1.29, 1.82) is 0 Å². The number of amides is 3. The van der Waals surface area contributed by atoms with Crippen LogP contribution in [0.5, 0.6) is 0 Å². The molecule has 1 aromatic carbocycles. The van der Waals surface area contributed by atoms with Crippen LogP contribution in [0.2, 0.25) is 0 Å². The second-order valence-electron chi connectivity index (χ2n) is 9.02. The van der Waals surface area contributed by atoms with Crippen LogP contribution in [0.4, 0.5) is 4.79 Å². The predicted molar refractivity (Wildman–Crippen MR) is 114 cm³/mol. The van der Waals surface area contributed by atoms with E-state index in [4.69, 9.17) is 14.3 Å². The van der Waals surface area contributed by atoms with Gasteiger partial charge in [0.1, 0.15) is 12.1 Å². The van der Waals surface area contributed by atoms with E-state index >= 15 is 0 Å². The molecule has 1 saturated heterocycles. The van der Waals surface area contributed by atoms with Crippen LogP contribution >= 0.6 is 0 Å². The van der Waals surface area contributed by atoms with Gasteiger partial charge in [0.15, 0.2) is 0 Å². The van der Waals surface area contributed by atoms with Crippen LogP contribution in [0.15, 0.2) is 30.5 Å². The first-order valence-electron chi connectivity index (χ1n) is 10.7. The summed E-state index contributed by atoms with van der Waals surface area (Å²) < 4.78 is 12.2. The van der Waals surface area contributed by atoms with Gasteiger partial charge in [-0.1, -0.05) is 22.4 Å². The minimum absolute atomic E-state index is 0.171. The minimum atomic E-state index is -0.865. The zero-order valence-corrected chi connectivity index (χ0v) is 19.3. The van der Waals surface area contributed by atoms with Crippen molar-refractivity contribution < 1.29 is 33.5 Å². The molecule has 2 aromatic rings. The molecule has 3 amide bonds. The fourth-order valence-electron chi connectivity index (χ4n) is 3.85. The number of likely N-dealkylation sites (tertiary alicyclic amines) is 1. The van der Waals surface area contributed by atoms with Crippen molar-refractivity contribution in [2.45, 2.75) is 44.9 Å². The van der Waals surface area contributed by atoms with E-state index in [9.17, 15) is 19.2 Å². The van der Waals surface area contributed by atoms with Gasteiger partial charge in [0.2, 0.25) is 0 Å². The monoisotopic (exact) mass is 471 g/mol. The quantitative estimate of drug-likeness (QED) is 0.593. The van der Waals surface area contributed by atoms with Gasteiger partial charge in [-0.05, 0) is 32.9 Å². The Morgan fingerprint density at radius 3 is 2.32 bits per heavy atom. The normalized spacial score (nSPS) is 20.0. The van der Waals surface area contributed by atoms with Gasteiger partial charge in [0.25, 0.3) is 11.8 Å². The number of benzene rings is 1. The predicted octanol–water partition coefficient (Wildman–Crippen LogP) is 1.38. The second-order valence-corrected chi connectivity index (χ2v) is 9.02. The second kappa shape index (κ2) is 8.86. The molecular formula is C22H25N5O7. The SMILES string of the molecule is CO[C@@H]1CN(C(=O)OC(C)(C)C)C[C@H]1c1cn(CC(=O)ON2C(=O)c3ccccc3C2=O)nn1. The van der Waals surface area contributed by atoms with E-state index in [1.54, 1.807) is 51.1 Å². The zero-order valence-electron chi connectivity index (χ0n) is 19.3. The number of rotatable bonds is 5. The van der Waals surface area contributed by atoms with Crippen LogP contribution in [0, 0.1) is 0 Å². The van der Waals surface area contributed by atoms with Gasteiger partial charge in [-0.2, -0.15) is 0 Å². The van der Waals surface area contributed by atoms with E-state index in [1.165, 1.54) is 16.8 Å². The lowest BCUT2D eigenvalue weighted by Crippen LogP contribution is -2.36. The summed E-state index contributed by atoms with van der Waals surface area (Å²) in [5.74, 6) is -2.55. The van der Waals surface area contributed by atoms with E-state index in [0.717, 1.165) is 0 Å². The average molecular weight is 471 g/mol. The van der Waals surface area contributed by atoms with Crippen LogP contribution in [0.3, 0.4) is 0 Å². The molecule has 3 heterocycles. The van der Waals surface area contributed by atoms with Gasteiger partial charge in [-0.3, -0.25) is 9.59 Å². The molecule has 0 bridgehead atoms. The van der Waals surface area contributed by atoms with Crippen molar-refractivity contribution in [3.8, 4) is 0 Å². The van der Waals surface area contributed by atoms with Gasteiger partial charge in [0.05, 0.1) is 35.4 Å². The third kappa shape index (κ3) is 4.62. The first-order chi connectivity index (χ1) is 16.1. The standard InChI is InChI=1S/C22H25N5O7/c1-22(2,3)33-21(31)25-9-15(17(11-25)32-4)16-10-26(24-23-16)12-18(28)34-27-19(29)13-7-5-6-8-14(13)20(27)30/h5-8,10,15,17H,9,11-12H2,1-4H3/t15-,17+/m0/s1. The molecule has 0 unspecified atom stereocenters. The Morgan fingerprint density at radius 1 is 1.09 bits per heavy atom. The number of carbonyl (C=O) groups is 4. The number of fused-ring (bicyclic) bond motifs is 1. The number of hydroxylamine groups is 2. The Kier molecular flexibility index (Phi) is 6.09. The Morgan fingerprint density at radius 2 is 1.74 bits per heavy atom. The van der Waals surface area contributed by atoms with E-state index in [2.05, 4.69) is 10.3 Å². The molecule has 0 aliphatic carbocycles. The van der Waals surface area contributed by atoms with Crippen LogP contribution in [0.1, 0.15) is 53.1 Å². The summed E-state index contributed by atoms with van der Waals surface area (Å²) >= 11 is 0. The highest BCUT2D eigenvalue weighted by Gasteiger charge is 2.40. The van der Waals surface area contributed by atoms with Gasteiger partial charge >= 0.3 is 12.1 Å². The Labute approximate surface area is 195 Å². The summed E-state index contributed by atoms with van der Waals surface area (Å²) in [7, 11) is 1.54. The van der Waals surface area contributed by atoms with Gasteiger partial charge in [-0.15, -0.1) is 5.10 Å². The van der Waals surface area contributed by atoms with Crippen molar-refractivity contribution in [3.63, 3.8) is 0 Å². The van der Waals surface area contributed by atoms with Gasteiger partial charge in [0, 0.05) is 19.9 Å². The van der Waals surface area contributed by atoms with Crippen LogP contribution in [0.25, 0.3) is 0 Å². The highest BCUT2D eigenvalue weighted by Crippen LogP contribution is 2.29. The molecule has 0 spiro atoms. The fourth-order valence-corrected chi connectivity index (χ4v) is 3.85. The summed E-state index contributed by atoms with van der Waals surface area (Å²) in [6.45, 7) is 5.63. The number of hydrogen-bond acceptors (Lipinski definition) is 9. The smallest absolute Gasteiger partial charge is 0.410 e. The fraction of sp³-hybridized carbons (Fsp3) is 0.455. The highest BCUT2D eigenvalue weighted by atomic mass is 16.7. The summed E-state index contributed by atoms with van der Waals surface area (Å²) in [5.41, 5.74) is 0.238. The molecule has 34 heavy (non-hydrogen) atoms. The maximum Gasteiger partial charge on any atom is 0.410 e. The molecule has 0 saturated carbocycles. The average Bonchev–Trinajstić information content (AvgIpc) is 3.46. The summed E-state index contributed by atoms with van der Waals surface area (Å²) in [4.78, 5) is 56.1. The van der Waals surface area contributed by atoms with Gasteiger partial charge in [-0.25, -0.2) is 14.3 Å². The third-order valence-corrected chi connectivity index (χ3v) is 5.40. The van der Waals surface area contributed by atoms with Crippen molar-refractivity contribution in [2.24, 2.45) is 0 Å². The number of aromatic nitrogens is 3. The number of nitrogens with zero attached hydrogens (tertiary/aromatic N) is 5. The summed E-state index contributed by atoms with van der Waals surface area (Å²) in [6.07, 6.45) is 0.760. The van der Waals surface area contributed by atoms with Crippen molar-refractivity contribution in [1.82, 2.24) is 25.0 Å². The molecule has 2 aliphatic rings. The van der Waals surface area contributed by atoms with E-state index < -0.39 is 29.5 Å². The maximum absolute atomic E-state index is 12.4. The van der Waals surface area contributed by atoms with Crippen molar-refractivity contribution in [3.05, 3.63) is 47.3 Å². The number of carbonyl (C=O) groups excluding carboxylic acids is 4. The van der Waals surface area contributed by atoms with E-state index in [-0.39, 0.29) is 29.7 Å². The Hall–Kier alpha value is -3.80. The molecule has 12 nitrogen and oxygen atoms in total. The van der Waals surface area contributed by atoms with Crippen molar-refractivity contribution in [2.75, 3.05) is 20.2 Å². The third-order valence-electron chi connectivity index (χ3n) is 5.40. The first kappa shape index (κ1) is 23.4. The molecule has 180 valence electrons. The first-order valence-corrected chi connectivity index (χ1v) is 10.7. The van der Waals surface area contributed by atoms with Crippen LogP contribution in [-0.2, 0) is 25.7 Å². The molecule has 1 aromatic heterocycles. The largest absolute Gasteiger partial charge is 0.444 e. The number of imide groups is 1. The van der Waals surface area contributed by atoms with E-state index in [1.807, 2.05) is 0 Å². The highest BCUT2D eigenvalue weighted by molar-refractivity contribution is 6.20. The van der Waals surface area contributed by atoms with E-state index in [0.29, 0.717) is 23.8 Å². The molecule has 4 rings (SSSR count). The minimum Gasteiger partial charge on any atom is -0.444 e. The van der Waals surface area contributed by atoms with Gasteiger partial charge < -0.3 is 19.2 Å². The maximum atomic E-state index is 12.4. The molecule has 2 aliphatic heterocycles. The molecule has 2 atom stereocenters. The lowest BCUT2D eigenvalue weighted by atomic mass is 10.0. The summed E-state index contributed by atoms with van der Waals surface area (Å²) in [6, 6.07) is 6.21. The number of hydrogen-bond donors (Lipinski definition) is 0. The molecule has 0 N–H and O–H groups in total. The summed E-state index contributed by atoms with van der Waals surface area (Å²) in [5, 5.41) is 8.49. The number of ether oxygens (including phenoxy) is 2. The Balaban J connectivity index is 1.39. The lowest BCUT2D eigenvalue weighted by Gasteiger charge is -2.24. The Bertz CT molecular complexity index is 1100. The molecule has 0 radical (unpaired) electrons. The molecule has 1 fully saturated rings. The molecule has 12 heteroatoms.